The Morgan fingerprint density at radius 1 is 0.643 bits per heavy atom. The van der Waals surface area contributed by atoms with Gasteiger partial charge in [0.25, 0.3) is 0 Å². The Kier molecular flexibility index (Phi) is 13.3. The third-order valence-corrected chi connectivity index (χ3v) is 11.7. The number of carbonyl (C=O) groups excluding carboxylic acids is 4. The van der Waals surface area contributed by atoms with E-state index in [0.717, 1.165) is 11.1 Å². The first kappa shape index (κ1) is 40.3. The highest BCUT2D eigenvalue weighted by atomic mass is 32.2. The van der Waals surface area contributed by atoms with Gasteiger partial charge in [0.05, 0.1) is 17.8 Å². The summed E-state index contributed by atoms with van der Waals surface area (Å²) in [7, 11) is -4.03. The van der Waals surface area contributed by atoms with Crippen molar-refractivity contribution in [2.24, 2.45) is 0 Å². The molecular weight excluding hydrogens is 731 g/mol. The largest absolute Gasteiger partial charge is 0.350 e. The molecule has 0 aromatic heterocycles. The number of hydrogen-bond donors (Lipinski definition) is 5. The second-order valence-corrected chi connectivity index (χ2v) is 16.1. The standard InChI is InChI=1S/C42H49N7O6S/c1-29-39(50)44-35-17-13-31(14-18-35)25-37(41(52)43-27-33-9-5-3-6-10-33)46-42(53)38(47-56(54,55)28-34-11-7-4-8-12-34)26-32-15-19-36(20-16-32)45-40(51)30(2)49-23-21-48(29)22-24-49/h3-20,29-30,37-38,47H,21-28H2,1-2H3,(H,43,52)(H,44,50)(H,45,51)(H,46,53). The molecule has 4 atom stereocenters. The van der Waals surface area contributed by atoms with E-state index in [4.69, 9.17) is 0 Å². The fraction of sp³-hybridized carbons (Fsp3) is 0.333. The van der Waals surface area contributed by atoms with Crippen molar-refractivity contribution in [3.63, 3.8) is 0 Å². The lowest BCUT2D eigenvalue weighted by molar-refractivity contribution is -0.129. The zero-order valence-electron chi connectivity index (χ0n) is 31.6. The molecule has 1 fully saturated rings. The molecule has 0 spiro atoms. The van der Waals surface area contributed by atoms with Crippen LogP contribution in [0.4, 0.5) is 11.4 Å². The van der Waals surface area contributed by atoms with Crippen LogP contribution < -0.4 is 26.0 Å². The van der Waals surface area contributed by atoms with Crippen molar-refractivity contribution in [2.75, 3.05) is 36.8 Å². The van der Waals surface area contributed by atoms with Gasteiger partial charge in [0.1, 0.15) is 12.1 Å². The first-order chi connectivity index (χ1) is 26.9. The second-order valence-electron chi connectivity index (χ2n) is 14.4. The molecule has 0 radical (unpaired) electrons. The van der Waals surface area contributed by atoms with Crippen molar-refractivity contribution in [1.29, 1.82) is 0 Å². The number of sulfonamides is 1. The van der Waals surface area contributed by atoms with Gasteiger partial charge in [-0.3, -0.25) is 29.0 Å². The summed E-state index contributed by atoms with van der Waals surface area (Å²) < 4.78 is 29.6. The summed E-state index contributed by atoms with van der Waals surface area (Å²) in [4.78, 5) is 58.7. The van der Waals surface area contributed by atoms with Crippen LogP contribution in [0.1, 0.15) is 36.1 Å². The number of piperazine rings is 1. The molecule has 0 saturated carbocycles. The van der Waals surface area contributed by atoms with Crippen LogP contribution in [-0.2, 0) is 54.3 Å². The van der Waals surface area contributed by atoms with E-state index in [2.05, 4.69) is 35.8 Å². The Labute approximate surface area is 328 Å². The number of hydrogen-bond acceptors (Lipinski definition) is 8. The Bertz CT molecular complexity index is 2080. The summed E-state index contributed by atoms with van der Waals surface area (Å²) in [6.07, 6.45) is 0.0670. The van der Waals surface area contributed by atoms with Crippen molar-refractivity contribution in [1.82, 2.24) is 25.2 Å². The van der Waals surface area contributed by atoms with Gasteiger partial charge >= 0.3 is 0 Å². The van der Waals surface area contributed by atoms with Gasteiger partial charge in [-0.15, -0.1) is 0 Å². The average molecular weight is 780 g/mol. The molecule has 5 N–H and O–H groups in total. The fourth-order valence-corrected chi connectivity index (χ4v) is 8.23. The lowest BCUT2D eigenvalue weighted by Crippen LogP contribution is -2.56. The maximum absolute atomic E-state index is 14.2. The van der Waals surface area contributed by atoms with E-state index in [9.17, 15) is 27.6 Å². The van der Waals surface area contributed by atoms with Gasteiger partial charge in [-0.05, 0) is 66.8 Å². The minimum atomic E-state index is -4.03. The van der Waals surface area contributed by atoms with Crippen molar-refractivity contribution < 1.29 is 27.6 Å². The number of carbonyl (C=O) groups is 4. The number of rotatable bonds is 7. The van der Waals surface area contributed by atoms with Crippen molar-refractivity contribution in [3.05, 3.63) is 131 Å². The molecule has 13 nitrogen and oxygen atoms in total. The van der Waals surface area contributed by atoms with Gasteiger partial charge in [0.2, 0.25) is 33.7 Å². The second kappa shape index (κ2) is 18.5. The van der Waals surface area contributed by atoms with Crippen LogP contribution in [0.15, 0.2) is 109 Å². The Morgan fingerprint density at radius 3 is 1.61 bits per heavy atom. The van der Waals surface area contributed by atoms with Crippen LogP contribution in [0, 0.1) is 0 Å². The van der Waals surface area contributed by atoms with Gasteiger partial charge in [-0.2, -0.15) is 0 Å². The molecule has 4 amide bonds. The molecule has 4 unspecified atom stereocenters. The third kappa shape index (κ3) is 11.1. The van der Waals surface area contributed by atoms with Gasteiger partial charge in [0.15, 0.2) is 0 Å². The highest BCUT2D eigenvalue weighted by Gasteiger charge is 2.32. The molecular formula is C42H49N7O6S. The number of fused-ring (bicyclic) bond motifs is 1. The van der Waals surface area contributed by atoms with Crippen molar-refractivity contribution in [2.45, 2.75) is 63.2 Å². The van der Waals surface area contributed by atoms with E-state index in [0.29, 0.717) is 48.7 Å². The number of benzene rings is 4. The maximum atomic E-state index is 14.2. The summed E-state index contributed by atoms with van der Waals surface area (Å²) in [6.45, 7) is 6.40. The van der Waals surface area contributed by atoms with Crippen LogP contribution in [-0.4, -0.2) is 92.2 Å². The topological polar surface area (TPSA) is 169 Å². The molecule has 1 saturated heterocycles. The summed E-state index contributed by atoms with van der Waals surface area (Å²) in [6, 6.07) is 28.8. The van der Waals surface area contributed by atoms with Gasteiger partial charge in [-0.25, -0.2) is 13.1 Å². The van der Waals surface area contributed by atoms with Gasteiger partial charge in [-0.1, -0.05) is 84.9 Å². The third-order valence-electron chi connectivity index (χ3n) is 10.3. The first-order valence-corrected chi connectivity index (χ1v) is 20.5. The normalized spacial score (nSPS) is 23.7. The maximum Gasteiger partial charge on any atom is 0.243 e. The molecule has 4 aromatic carbocycles. The average Bonchev–Trinajstić information content (AvgIpc) is 3.20. The first-order valence-electron chi connectivity index (χ1n) is 18.9. The minimum absolute atomic E-state index is 0.0278. The summed E-state index contributed by atoms with van der Waals surface area (Å²) in [5.41, 5.74) is 3.91. The highest BCUT2D eigenvalue weighted by molar-refractivity contribution is 7.88. The lowest BCUT2D eigenvalue weighted by atomic mass is 10.0. The monoisotopic (exact) mass is 779 g/mol. The molecule has 10 rings (SSSR count). The summed E-state index contributed by atoms with van der Waals surface area (Å²) in [5.74, 6) is -1.83. The molecule has 14 heteroatoms. The molecule has 56 heavy (non-hydrogen) atoms. The Balaban J connectivity index is 1.30. The van der Waals surface area contributed by atoms with Gasteiger partial charge in [0, 0.05) is 50.5 Å². The van der Waals surface area contributed by atoms with E-state index >= 15 is 0 Å². The Morgan fingerprint density at radius 2 is 1.11 bits per heavy atom. The Hall–Kier alpha value is -5.41. The van der Waals surface area contributed by atoms with Crippen LogP contribution in [0.3, 0.4) is 0 Å². The van der Waals surface area contributed by atoms with Crippen molar-refractivity contribution >= 4 is 45.0 Å². The van der Waals surface area contributed by atoms with E-state index in [-0.39, 0.29) is 37.0 Å². The molecule has 4 aromatic rings. The predicted octanol–water partition coefficient (Wildman–Crippen LogP) is 3.05. The number of anilines is 2. The quantitative estimate of drug-likeness (QED) is 0.191. The van der Waals surface area contributed by atoms with Crippen LogP contribution in [0.5, 0.6) is 0 Å². The fourth-order valence-electron chi connectivity index (χ4n) is 6.89. The summed E-state index contributed by atoms with van der Waals surface area (Å²) in [5, 5.41) is 11.7. The van der Waals surface area contributed by atoms with E-state index in [1.807, 2.05) is 44.2 Å². The van der Waals surface area contributed by atoms with E-state index < -0.39 is 46.0 Å². The predicted molar refractivity (Wildman–Crippen MR) is 216 cm³/mol. The zero-order chi connectivity index (χ0) is 39.7. The van der Waals surface area contributed by atoms with Crippen LogP contribution >= 0.6 is 0 Å². The molecule has 6 bridgehead atoms. The smallest absolute Gasteiger partial charge is 0.243 e. The molecule has 0 aliphatic carbocycles. The number of nitrogens with zero attached hydrogens (tertiary/aromatic N) is 2. The van der Waals surface area contributed by atoms with Crippen LogP contribution in [0.25, 0.3) is 0 Å². The highest BCUT2D eigenvalue weighted by Crippen LogP contribution is 2.18. The molecule has 6 heterocycles. The van der Waals surface area contributed by atoms with Crippen molar-refractivity contribution in [3.8, 4) is 0 Å². The van der Waals surface area contributed by atoms with E-state index in [1.54, 1.807) is 78.9 Å². The minimum Gasteiger partial charge on any atom is -0.350 e. The SMILES string of the molecule is CC1C(=O)Nc2ccc(cc2)CC(C(=O)NCc2ccccc2)NC(=O)C(NS(=O)(=O)Cc2ccccc2)Cc2ccc(cc2)NC(=O)C(C)N2CCN1CC2. The zero-order valence-corrected chi connectivity index (χ0v) is 32.4. The lowest BCUT2D eigenvalue weighted by Gasteiger charge is -2.39. The van der Waals surface area contributed by atoms with Crippen LogP contribution in [0.2, 0.25) is 0 Å². The summed E-state index contributed by atoms with van der Waals surface area (Å²) >= 11 is 0. The molecule has 6 aliphatic rings. The number of nitrogens with one attached hydrogen (secondary N) is 5. The number of amides is 4. The molecule has 294 valence electrons. The van der Waals surface area contributed by atoms with E-state index in [1.165, 1.54) is 0 Å². The molecule has 6 aliphatic heterocycles. The van der Waals surface area contributed by atoms with Gasteiger partial charge < -0.3 is 21.3 Å².